The maximum atomic E-state index is 12.1. The molecule has 1 aromatic heterocycles. The van der Waals surface area contributed by atoms with Gasteiger partial charge >= 0.3 is 0 Å². The molecule has 1 aromatic carbocycles. The van der Waals surface area contributed by atoms with Crippen molar-refractivity contribution in [3.63, 3.8) is 0 Å². The van der Waals surface area contributed by atoms with Gasteiger partial charge in [-0.25, -0.2) is 9.97 Å². The van der Waals surface area contributed by atoms with E-state index in [2.05, 4.69) is 20.2 Å². The van der Waals surface area contributed by atoms with Crippen LogP contribution in [0.5, 0.6) is 5.75 Å². The minimum atomic E-state index is -0.183. The summed E-state index contributed by atoms with van der Waals surface area (Å²) < 4.78 is 10.9. The van der Waals surface area contributed by atoms with Crippen LogP contribution in [0.1, 0.15) is 17.0 Å². The third kappa shape index (κ3) is 4.92. The number of hydrogen-bond donors (Lipinski definition) is 1. The van der Waals surface area contributed by atoms with Gasteiger partial charge in [0.05, 0.1) is 25.5 Å². The SMILES string of the molecule is Cc1cc(CNC(=O)COc2ccccc2C)nc(N2CCOCC2)n1. The van der Waals surface area contributed by atoms with E-state index in [-0.39, 0.29) is 12.5 Å². The fourth-order valence-corrected chi connectivity index (χ4v) is 2.71. The van der Waals surface area contributed by atoms with Crippen molar-refractivity contribution in [2.24, 2.45) is 0 Å². The minimum absolute atomic E-state index is 0.0226. The van der Waals surface area contributed by atoms with E-state index in [0.717, 1.165) is 35.8 Å². The molecule has 0 aliphatic carbocycles. The van der Waals surface area contributed by atoms with E-state index in [1.54, 1.807) is 0 Å². The lowest BCUT2D eigenvalue weighted by Gasteiger charge is -2.27. The molecule has 0 radical (unpaired) electrons. The molecule has 2 heterocycles. The first kappa shape index (κ1) is 18.1. The van der Waals surface area contributed by atoms with Crippen LogP contribution in [0.2, 0.25) is 0 Å². The zero-order valence-electron chi connectivity index (χ0n) is 15.2. The second kappa shape index (κ2) is 8.62. The predicted octanol–water partition coefficient (Wildman–Crippen LogP) is 1.63. The maximum Gasteiger partial charge on any atom is 0.258 e. The second-order valence-electron chi connectivity index (χ2n) is 6.23. The maximum absolute atomic E-state index is 12.1. The number of aryl methyl sites for hydroxylation is 2. The van der Waals surface area contributed by atoms with E-state index in [1.165, 1.54) is 0 Å². The Morgan fingerprint density at radius 3 is 2.77 bits per heavy atom. The van der Waals surface area contributed by atoms with E-state index in [0.29, 0.717) is 25.7 Å². The average Bonchev–Trinajstić information content (AvgIpc) is 2.66. The molecule has 26 heavy (non-hydrogen) atoms. The molecule has 2 aromatic rings. The number of nitrogens with one attached hydrogen (secondary N) is 1. The predicted molar refractivity (Wildman–Crippen MR) is 98.3 cm³/mol. The zero-order chi connectivity index (χ0) is 18.4. The van der Waals surface area contributed by atoms with Crippen LogP contribution in [0.4, 0.5) is 5.95 Å². The molecule has 3 rings (SSSR count). The summed E-state index contributed by atoms with van der Waals surface area (Å²) in [6.07, 6.45) is 0. The third-order valence-electron chi connectivity index (χ3n) is 4.11. The molecule has 1 amide bonds. The number of hydrogen-bond acceptors (Lipinski definition) is 6. The number of benzene rings is 1. The zero-order valence-corrected chi connectivity index (χ0v) is 15.2. The van der Waals surface area contributed by atoms with Crippen molar-refractivity contribution in [2.45, 2.75) is 20.4 Å². The molecule has 0 saturated carbocycles. The number of anilines is 1. The van der Waals surface area contributed by atoms with Gasteiger partial charge in [0, 0.05) is 18.8 Å². The largest absolute Gasteiger partial charge is 0.484 e. The van der Waals surface area contributed by atoms with Gasteiger partial charge in [-0.2, -0.15) is 0 Å². The highest BCUT2D eigenvalue weighted by Gasteiger charge is 2.15. The Morgan fingerprint density at radius 1 is 1.23 bits per heavy atom. The van der Waals surface area contributed by atoms with Gasteiger partial charge in [-0.15, -0.1) is 0 Å². The standard InChI is InChI=1S/C19H24N4O3/c1-14-5-3-4-6-17(14)26-13-18(24)20-12-16-11-15(2)21-19(22-16)23-7-9-25-10-8-23/h3-6,11H,7-10,12-13H2,1-2H3,(H,20,24). The molecule has 1 aliphatic heterocycles. The first-order chi connectivity index (χ1) is 12.6. The first-order valence-electron chi connectivity index (χ1n) is 8.74. The molecular formula is C19H24N4O3. The Balaban J connectivity index is 1.54. The molecule has 1 saturated heterocycles. The van der Waals surface area contributed by atoms with Crippen LogP contribution in [0, 0.1) is 13.8 Å². The molecule has 1 N–H and O–H groups in total. The lowest BCUT2D eigenvalue weighted by molar-refractivity contribution is -0.123. The van der Waals surface area contributed by atoms with E-state index in [4.69, 9.17) is 9.47 Å². The number of para-hydroxylation sites is 1. The fourth-order valence-electron chi connectivity index (χ4n) is 2.71. The lowest BCUT2D eigenvalue weighted by Crippen LogP contribution is -2.37. The van der Waals surface area contributed by atoms with Gasteiger partial charge in [-0.3, -0.25) is 4.79 Å². The van der Waals surface area contributed by atoms with Crippen LogP contribution in [0.25, 0.3) is 0 Å². The van der Waals surface area contributed by atoms with Crippen molar-refractivity contribution < 1.29 is 14.3 Å². The van der Waals surface area contributed by atoms with Gasteiger partial charge in [-0.1, -0.05) is 18.2 Å². The highest BCUT2D eigenvalue weighted by atomic mass is 16.5. The topological polar surface area (TPSA) is 76.6 Å². The molecular weight excluding hydrogens is 332 g/mol. The smallest absolute Gasteiger partial charge is 0.258 e. The highest BCUT2D eigenvalue weighted by Crippen LogP contribution is 2.16. The fraction of sp³-hybridized carbons (Fsp3) is 0.421. The molecule has 1 aliphatic rings. The van der Waals surface area contributed by atoms with E-state index < -0.39 is 0 Å². The number of aromatic nitrogens is 2. The number of ether oxygens (including phenoxy) is 2. The van der Waals surface area contributed by atoms with Crippen LogP contribution < -0.4 is 15.0 Å². The minimum Gasteiger partial charge on any atom is -0.484 e. The van der Waals surface area contributed by atoms with Crippen molar-refractivity contribution >= 4 is 11.9 Å². The van der Waals surface area contributed by atoms with Gasteiger partial charge in [0.15, 0.2) is 6.61 Å². The number of carbonyl (C=O) groups excluding carboxylic acids is 1. The summed E-state index contributed by atoms with van der Waals surface area (Å²) in [7, 11) is 0. The van der Waals surface area contributed by atoms with Crippen molar-refractivity contribution in [1.82, 2.24) is 15.3 Å². The highest BCUT2D eigenvalue weighted by molar-refractivity contribution is 5.77. The van der Waals surface area contributed by atoms with Crippen LogP contribution in [0.15, 0.2) is 30.3 Å². The Labute approximate surface area is 153 Å². The van der Waals surface area contributed by atoms with Gasteiger partial charge in [-0.05, 0) is 31.5 Å². The van der Waals surface area contributed by atoms with E-state index in [1.807, 2.05) is 44.2 Å². The second-order valence-corrected chi connectivity index (χ2v) is 6.23. The summed E-state index contributed by atoms with van der Waals surface area (Å²) in [6, 6.07) is 9.50. The van der Waals surface area contributed by atoms with Crippen LogP contribution >= 0.6 is 0 Å². The van der Waals surface area contributed by atoms with Crippen LogP contribution in [-0.2, 0) is 16.1 Å². The number of rotatable bonds is 6. The summed E-state index contributed by atoms with van der Waals surface area (Å²) >= 11 is 0. The number of nitrogens with zero attached hydrogens (tertiary/aromatic N) is 3. The summed E-state index contributed by atoms with van der Waals surface area (Å²) in [5.74, 6) is 1.22. The molecule has 0 bridgehead atoms. The van der Waals surface area contributed by atoms with Gasteiger partial charge in [0.25, 0.3) is 5.91 Å². The number of carbonyl (C=O) groups is 1. The third-order valence-corrected chi connectivity index (χ3v) is 4.11. The molecule has 7 heteroatoms. The van der Waals surface area contributed by atoms with Crippen LogP contribution in [0.3, 0.4) is 0 Å². The summed E-state index contributed by atoms with van der Waals surface area (Å²) in [5.41, 5.74) is 2.66. The molecule has 0 unspecified atom stereocenters. The number of morpholine rings is 1. The van der Waals surface area contributed by atoms with Gasteiger partial charge in [0.2, 0.25) is 5.95 Å². The molecule has 0 spiro atoms. The van der Waals surface area contributed by atoms with E-state index >= 15 is 0 Å². The van der Waals surface area contributed by atoms with E-state index in [9.17, 15) is 4.79 Å². The van der Waals surface area contributed by atoms with Crippen molar-refractivity contribution in [1.29, 1.82) is 0 Å². The summed E-state index contributed by atoms with van der Waals surface area (Å²) in [6.45, 7) is 7.11. The van der Waals surface area contributed by atoms with Crippen LogP contribution in [-0.4, -0.2) is 48.8 Å². The Hall–Kier alpha value is -2.67. The van der Waals surface area contributed by atoms with Gasteiger partial charge < -0.3 is 19.7 Å². The molecule has 138 valence electrons. The number of amides is 1. The Kier molecular flexibility index (Phi) is 6.01. The Bertz CT molecular complexity index is 760. The first-order valence-corrected chi connectivity index (χ1v) is 8.74. The normalized spacial score (nSPS) is 14.2. The summed E-state index contributed by atoms with van der Waals surface area (Å²) in [4.78, 5) is 23.2. The molecule has 7 nitrogen and oxygen atoms in total. The monoisotopic (exact) mass is 356 g/mol. The summed E-state index contributed by atoms with van der Waals surface area (Å²) in [5, 5.41) is 2.85. The molecule has 1 fully saturated rings. The van der Waals surface area contributed by atoms with Crippen molar-refractivity contribution in [3.05, 3.63) is 47.3 Å². The van der Waals surface area contributed by atoms with Gasteiger partial charge in [0.1, 0.15) is 5.75 Å². The van der Waals surface area contributed by atoms with Crippen molar-refractivity contribution in [2.75, 3.05) is 37.8 Å². The lowest BCUT2D eigenvalue weighted by atomic mass is 10.2. The van der Waals surface area contributed by atoms with Crippen molar-refractivity contribution in [3.8, 4) is 5.75 Å². The average molecular weight is 356 g/mol. The Morgan fingerprint density at radius 2 is 2.00 bits per heavy atom. The molecule has 0 atom stereocenters. The quantitative estimate of drug-likeness (QED) is 0.848.